The SMILES string of the molecule is O=Cc1ccc(-c2cccc(OCc3cccc(C(F)(F)F)c3)c2)cc1. The standard InChI is InChI=1S/C21H15F3O2/c22-21(23,24)19-5-1-3-16(11-19)14-26-20-6-2-4-18(12-20)17-9-7-15(13-25)8-10-17/h1-13H,14H2. The molecule has 0 amide bonds. The lowest BCUT2D eigenvalue weighted by atomic mass is 10.0. The number of hydrogen-bond donors (Lipinski definition) is 0. The lowest BCUT2D eigenvalue weighted by molar-refractivity contribution is -0.137. The first-order valence-corrected chi connectivity index (χ1v) is 7.90. The topological polar surface area (TPSA) is 26.3 Å². The van der Waals surface area contributed by atoms with E-state index in [9.17, 15) is 18.0 Å². The summed E-state index contributed by atoms with van der Waals surface area (Å²) < 4.78 is 43.9. The first-order chi connectivity index (χ1) is 12.5. The van der Waals surface area contributed by atoms with Crippen molar-refractivity contribution in [2.24, 2.45) is 0 Å². The summed E-state index contributed by atoms with van der Waals surface area (Å²) in [5.74, 6) is 0.555. The molecule has 0 spiro atoms. The monoisotopic (exact) mass is 356 g/mol. The zero-order valence-corrected chi connectivity index (χ0v) is 13.7. The zero-order chi connectivity index (χ0) is 18.6. The van der Waals surface area contributed by atoms with E-state index in [1.54, 1.807) is 24.3 Å². The molecule has 0 fully saturated rings. The van der Waals surface area contributed by atoms with E-state index in [0.717, 1.165) is 29.5 Å². The van der Waals surface area contributed by atoms with Gasteiger partial charge in [0.1, 0.15) is 18.6 Å². The van der Waals surface area contributed by atoms with E-state index in [2.05, 4.69) is 0 Å². The number of carbonyl (C=O) groups excluding carboxylic acids is 1. The Kier molecular flexibility index (Phi) is 5.07. The first-order valence-electron chi connectivity index (χ1n) is 7.90. The van der Waals surface area contributed by atoms with Crippen molar-refractivity contribution < 1.29 is 22.7 Å². The van der Waals surface area contributed by atoms with E-state index in [0.29, 0.717) is 16.9 Å². The average Bonchev–Trinajstić information content (AvgIpc) is 2.66. The minimum Gasteiger partial charge on any atom is -0.489 e. The van der Waals surface area contributed by atoms with Gasteiger partial charge in [0.05, 0.1) is 5.56 Å². The molecule has 0 heterocycles. The summed E-state index contributed by atoms with van der Waals surface area (Å²) in [5, 5.41) is 0. The molecule has 3 rings (SSSR count). The molecule has 3 aromatic rings. The van der Waals surface area contributed by atoms with Crippen molar-refractivity contribution in [3.8, 4) is 16.9 Å². The van der Waals surface area contributed by atoms with Crippen LogP contribution in [0, 0.1) is 0 Å². The number of alkyl halides is 3. The molecule has 3 aromatic carbocycles. The number of hydrogen-bond acceptors (Lipinski definition) is 2. The number of ether oxygens (including phenoxy) is 1. The van der Waals surface area contributed by atoms with Crippen molar-refractivity contribution in [3.63, 3.8) is 0 Å². The molecular weight excluding hydrogens is 341 g/mol. The molecule has 0 bridgehead atoms. The Morgan fingerprint density at radius 3 is 2.27 bits per heavy atom. The van der Waals surface area contributed by atoms with Gasteiger partial charge in [0.25, 0.3) is 0 Å². The van der Waals surface area contributed by atoms with E-state index in [-0.39, 0.29) is 6.61 Å². The second-order valence-electron chi connectivity index (χ2n) is 5.75. The van der Waals surface area contributed by atoms with Gasteiger partial charge in [-0.05, 0) is 41.0 Å². The fraction of sp³-hybridized carbons (Fsp3) is 0.0952. The number of rotatable bonds is 5. The highest BCUT2D eigenvalue weighted by Crippen LogP contribution is 2.30. The number of aldehydes is 1. The lowest BCUT2D eigenvalue weighted by Crippen LogP contribution is -2.06. The quantitative estimate of drug-likeness (QED) is 0.543. The van der Waals surface area contributed by atoms with Gasteiger partial charge in [0.2, 0.25) is 0 Å². The van der Waals surface area contributed by atoms with Crippen LogP contribution in [-0.2, 0) is 12.8 Å². The van der Waals surface area contributed by atoms with Crippen LogP contribution in [0.25, 0.3) is 11.1 Å². The molecule has 0 N–H and O–H groups in total. The summed E-state index contributed by atoms with van der Waals surface area (Å²) >= 11 is 0. The van der Waals surface area contributed by atoms with Crippen molar-refractivity contribution in [1.29, 1.82) is 0 Å². The Balaban J connectivity index is 1.74. The van der Waals surface area contributed by atoms with E-state index in [1.165, 1.54) is 6.07 Å². The Labute approximate surface area is 148 Å². The van der Waals surface area contributed by atoms with Crippen LogP contribution in [-0.4, -0.2) is 6.29 Å². The molecule has 0 aliphatic heterocycles. The van der Waals surface area contributed by atoms with Crippen LogP contribution in [0.15, 0.2) is 72.8 Å². The van der Waals surface area contributed by atoms with Crippen LogP contribution >= 0.6 is 0 Å². The average molecular weight is 356 g/mol. The normalized spacial score (nSPS) is 11.2. The highest BCUT2D eigenvalue weighted by Gasteiger charge is 2.30. The van der Waals surface area contributed by atoms with Gasteiger partial charge in [-0.1, -0.05) is 48.5 Å². The Morgan fingerprint density at radius 2 is 1.58 bits per heavy atom. The van der Waals surface area contributed by atoms with Gasteiger partial charge in [-0.3, -0.25) is 4.79 Å². The molecule has 0 aromatic heterocycles. The number of benzene rings is 3. The van der Waals surface area contributed by atoms with Crippen molar-refractivity contribution in [1.82, 2.24) is 0 Å². The first kappa shape index (κ1) is 17.7. The van der Waals surface area contributed by atoms with Crippen LogP contribution in [0.1, 0.15) is 21.5 Å². The molecule has 26 heavy (non-hydrogen) atoms. The van der Waals surface area contributed by atoms with Crippen molar-refractivity contribution in [2.45, 2.75) is 12.8 Å². The highest BCUT2D eigenvalue weighted by molar-refractivity contribution is 5.77. The number of carbonyl (C=O) groups is 1. The molecule has 2 nitrogen and oxygen atoms in total. The molecule has 0 unspecified atom stereocenters. The predicted molar refractivity (Wildman–Crippen MR) is 93.0 cm³/mol. The van der Waals surface area contributed by atoms with Crippen LogP contribution in [0.3, 0.4) is 0 Å². The van der Waals surface area contributed by atoms with Gasteiger partial charge in [-0.25, -0.2) is 0 Å². The van der Waals surface area contributed by atoms with Gasteiger partial charge in [-0.15, -0.1) is 0 Å². The van der Waals surface area contributed by atoms with E-state index >= 15 is 0 Å². The van der Waals surface area contributed by atoms with Gasteiger partial charge >= 0.3 is 6.18 Å². The maximum Gasteiger partial charge on any atom is 0.416 e. The van der Waals surface area contributed by atoms with Crippen LogP contribution in [0.5, 0.6) is 5.75 Å². The Bertz CT molecular complexity index is 900. The molecular formula is C21H15F3O2. The zero-order valence-electron chi connectivity index (χ0n) is 13.7. The van der Waals surface area contributed by atoms with Crippen molar-refractivity contribution in [3.05, 3.63) is 89.5 Å². The molecule has 5 heteroatoms. The van der Waals surface area contributed by atoms with Crippen LogP contribution in [0.4, 0.5) is 13.2 Å². The molecule has 0 aliphatic rings. The van der Waals surface area contributed by atoms with Gasteiger partial charge in [0.15, 0.2) is 0 Å². The summed E-state index contributed by atoms with van der Waals surface area (Å²) in [5.41, 5.74) is 2.15. The minimum atomic E-state index is -4.37. The second-order valence-corrected chi connectivity index (χ2v) is 5.75. The second kappa shape index (κ2) is 7.44. The van der Waals surface area contributed by atoms with Gasteiger partial charge in [0, 0.05) is 5.56 Å². The van der Waals surface area contributed by atoms with Gasteiger partial charge in [-0.2, -0.15) is 13.2 Å². The maximum absolute atomic E-state index is 12.8. The highest BCUT2D eigenvalue weighted by atomic mass is 19.4. The minimum absolute atomic E-state index is 0.0391. The summed E-state index contributed by atoms with van der Waals surface area (Å²) in [6.07, 6.45) is -3.60. The Hall–Kier alpha value is -3.08. The number of halogens is 3. The smallest absolute Gasteiger partial charge is 0.416 e. The van der Waals surface area contributed by atoms with Crippen molar-refractivity contribution >= 4 is 6.29 Å². The fourth-order valence-corrected chi connectivity index (χ4v) is 2.52. The van der Waals surface area contributed by atoms with E-state index in [4.69, 9.17) is 4.74 Å². The summed E-state index contributed by atoms with van der Waals surface area (Å²) in [6, 6.07) is 19.4. The molecule has 0 saturated carbocycles. The largest absolute Gasteiger partial charge is 0.489 e. The predicted octanol–water partition coefficient (Wildman–Crippen LogP) is 5.76. The molecule has 0 aliphatic carbocycles. The van der Waals surface area contributed by atoms with Crippen LogP contribution < -0.4 is 4.74 Å². The van der Waals surface area contributed by atoms with Crippen molar-refractivity contribution in [2.75, 3.05) is 0 Å². The van der Waals surface area contributed by atoms with Gasteiger partial charge < -0.3 is 4.74 Å². The third-order valence-electron chi connectivity index (χ3n) is 3.87. The molecule has 0 atom stereocenters. The molecule has 0 radical (unpaired) electrons. The third-order valence-corrected chi connectivity index (χ3v) is 3.87. The molecule has 0 saturated heterocycles. The summed E-state index contributed by atoms with van der Waals surface area (Å²) in [6.45, 7) is 0.0391. The lowest BCUT2D eigenvalue weighted by Gasteiger charge is -2.11. The fourth-order valence-electron chi connectivity index (χ4n) is 2.52. The molecule has 132 valence electrons. The maximum atomic E-state index is 12.8. The van der Waals surface area contributed by atoms with E-state index in [1.807, 2.05) is 30.3 Å². The third kappa shape index (κ3) is 4.30. The summed E-state index contributed by atoms with van der Waals surface area (Å²) in [4.78, 5) is 10.7. The van der Waals surface area contributed by atoms with Crippen LogP contribution in [0.2, 0.25) is 0 Å². The Morgan fingerprint density at radius 1 is 0.846 bits per heavy atom. The summed E-state index contributed by atoms with van der Waals surface area (Å²) in [7, 11) is 0. The van der Waals surface area contributed by atoms with E-state index < -0.39 is 11.7 Å².